The van der Waals surface area contributed by atoms with E-state index >= 15 is 0 Å². The molecule has 0 aromatic rings. The van der Waals surface area contributed by atoms with Gasteiger partial charge in [0, 0.05) is 0 Å². The van der Waals surface area contributed by atoms with Crippen molar-refractivity contribution in [2.75, 3.05) is 0 Å². The fraction of sp³-hybridized carbons (Fsp3) is 0.833. The molecule has 116 valence electrons. The van der Waals surface area contributed by atoms with Crippen LogP contribution in [0, 0.1) is 0 Å². The van der Waals surface area contributed by atoms with Crippen LogP contribution in [0.2, 0.25) is 0 Å². The van der Waals surface area contributed by atoms with E-state index in [1.807, 2.05) is 0 Å². The van der Waals surface area contributed by atoms with Crippen LogP contribution < -0.4 is 11.5 Å². The van der Waals surface area contributed by atoms with Crippen LogP contribution in [0.25, 0.3) is 0 Å². The summed E-state index contributed by atoms with van der Waals surface area (Å²) in [5, 5.41) is 26.6. The summed E-state index contributed by atoms with van der Waals surface area (Å²) in [6.07, 6.45) is -1.81. The third-order valence-corrected chi connectivity index (χ3v) is 2.46. The zero-order valence-corrected chi connectivity index (χ0v) is 13.0. The van der Waals surface area contributed by atoms with Crippen molar-refractivity contribution in [2.24, 2.45) is 31.7 Å². The molecule has 2 unspecified atom stereocenters. The standard InChI is InChI=1S/C12H26N6O2/c1-7(19)15-9(13)11(3,4)17-18-12(5,6)10(14)16-8(2)20/h7-8,19-20H,1-6H3,(H2,13,15)(H2,14,16). The van der Waals surface area contributed by atoms with Crippen LogP contribution in [0.5, 0.6) is 0 Å². The average Bonchev–Trinajstić information content (AvgIpc) is 2.24. The molecule has 8 nitrogen and oxygen atoms in total. The minimum absolute atomic E-state index is 0.165. The van der Waals surface area contributed by atoms with Crippen molar-refractivity contribution in [2.45, 2.75) is 65.1 Å². The molecule has 6 N–H and O–H groups in total. The van der Waals surface area contributed by atoms with E-state index in [0.717, 1.165) is 0 Å². The van der Waals surface area contributed by atoms with Crippen LogP contribution in [0.15, 0.2) is 20.2 Å². The lowest BCUT2D eigenvalue weighted by Gasteiger charge is -2.23. The first kappa shape index (κ1) is 18.5. The smallest absolute Gasteiger partial charge is 0.144 e. The first-order chi connectivity index (χ1) is 8.88. The second-order valence-electron chi connectivity index (χ2n) is 5.61. The van der Waals surface area contributed by atoms with Gasteiger partial charge in [-0.15, -0.1) is 0 Å². The molecule has 0 saturated heterocycles. The maximum atomic E-state index is 9.19. The molecule has 0 saturated carbocycles. The molecular formula is C12H26N6O2. The van der Waals surface area contributed by atoms with Gasteiger partial charge in [0.2, 0.25) is 0 Å². The summed E-state index contributed by atoms with van der Waals surface area (Å²) >= 11 is 0. The summed E-state index contributed by atoms with van der Waals surface area (Å²) in [7, 11) is 0. The van der Waals surface area contributed by atoms with Gasteiger partial charge in [-0.1, -0.05) is 0 Å². The number of hydrogen-bond donors (Lipinski definition) is 4. The molecule has 0 radical (unpaired) electrons. The van der Waals surface area contributed by atoms with Gasteiger partial charge in [0.25, 0.3) is 0 Å². The summed E-state index contributed by atoms with van der Waals surface area (Å²) < 4.78 is 0. The van der Waals surface area contributed by atoms with Crippen molar-refractivity contribution >= 4 is 11.7 Å². The van der Waals surface area contributed by atoms with Crippen LogP contribution >= 0.6 is 0 Å². The van der Waals surface area contributed by atoms with Gasteiger partial charge in [-0.2, -0.15) is 10.2 Å². The highest BCUT2D eigenvalue weighted by molar-refractivity contribution is 5.90. The van der Waals surface area contributed by atoms with Gasteiger partial charge < -0.3 is 21.7 Å². The van der Waals surface area contributed by atoms with E-state index in [2.05, 4.69) is 20.2 Å². The minimum Gasteiger partial charge on any atom is -0.385 e. The third kappa shape index (κ3) is 6.07. The van der Waals surface area contributed by atoms with E-state index in [1.165, 1.54) is 13.8 Å². The Bertz CT molecular complexity index is 372. The Kier molecular flexibility index (Phi) is 6.24. The fourth-order valence-corrected chi connectivity index (χ4v) is 1.07. The molecule has 0 aromatic heterocycles. The van der Waals surface area contributed by atoms with E-state index in [9.17, 15) is 10.2 Å². The van der Waals surface area contributed by atoms with Crippen molar-refractivity contribution in [3.05, 3.63) is 0 Å². The minimum atomic E-state index is -0.903. The number of nitrogens with zero attached hydrogens (tertiary/aromatic N) is 4. The Labute approximate surface area is 119 Å². The topological polar surface area (TPSA) is 142 Å². The highest BCUT2D eigenvalue weighted by Gasteiger charge is 2.27. The largest absolute Gasteiger partial charge is 0.385 e. The van der Waals surface area contributed by atoms with Crippen LogP contribution in [0.4, 0.5) is 0 Å². The molecule has 0 aromatic carbocycles. The summed E-state index contributed by atoms with van der Waals surface area (Å²) in [6, 6.07) is 0. The molecule has 2 atom stereocenters. The average molecular weight is 286 g/mol. The van der Waals surface area contributed by atoms with Crippen LogP contribution in [-0.2, 0) is 0 Å². The molecule has 0 fully saturated rings. The zero-order chi connectivity index (χ0) is 16.1. The predicted molar refractivity (Wildman–Crippen MR) is 79.6 cm³/mol. The Balaban J connectivity index is 5.19. The molecule has 8 heteroatoms. The van der Waals surface area contributed by atoms with Gasteiger partial charge in [0.15, 0.2) is 0 Å². The van der Waals surface area contributed by atoms with Crippen molar-refractivity contribution in [1.29, 1.82) is 0 Å². The SMILES string of the molecule is CC(O)N=C(N)C(C)(C)N=NC(C)(C)C(N)=NC(C)O. The number of rotatable bonds is 6. The quantitative estimate of drug-likeness (QED) is 0.318. The highest BCUT2D eigenvalue weighted by Crippen LogP contribution is 2.17. The molecule has 0 amide bonds. The Morgan fingerprint density at radius 2 is 1.05 bits per heavy atom. The molecule has 0 heterocycles. The van der Waals surface area contributed by atoms with Gasteiger partial charge in [-0.05, 0) is 41.5 Å². The van der Waals surface area contributed by atoms with E-state index in [1.54, 1.807) is 27.7 Å². The van der Waals surface area contributed by atoms with E-state index in [0.29, 0.717) is 0 Å². The lowest BCUT2D eigenvalue weighted by molar-refractivity contribution is 0.203. The summed E-state index contributed by atoms with van der Waals surface area (Å²) in [5.74, 6) is 0.330. The molecule has 0 aliphatic carbocycles. The number of aliphatic imine (C=N–C) groups is 2. The maximum absolute atomic E-state index is 9.19. The molecule has 0 bridgehead atoms. The van der Waals surface area contributed by atoms with Crippen LogP contribution in [0.1, 0.15) is 41.5 Å². The fourth-order valence-electron chi connectivity index (χ4n) is 1.07. The second-order valence-corrected chi connectivity index (χ2v) is 5.61. The molecule has 20 heavy (non-hydrogen) atoms. The number of amidine groups is 2. The van der Waals surface area contributed by atoms with E-state index in [4.69, 9.17) is 11.5 Å². The summed E-state index contributed by atoms with van der Waals surface area (Å²) in [4.78, 5) is 7.68. The van der Waals surface area contributed by atoms with Gasteiger partial charge in [0.05, 0.1) is 0 Å². The van der Waals surface area contributed by atoms with Crippen molar-refractivity contribution < 1.29 is 10.2 Å². The number of nitrogens with two attached hydrogens (primary N) is 2. The molecular weight excluding hydrogens is 260 g/mol. The number of aliphatic hydroxyl groups excluding tert-OH is 2. The Morgan fingerprint density at radius 3 is 1.25 bits per heavy atom. The summed E-state index contributed by atoms with van der Waals surface area (Å²) in [6.45, 7) is 9.87. The van der Waals surface area contributed by atoms with Crippen LogP contribution in [0.3, 0.4) is 0 Å². The predicted octanol–water partition coefficient (Wildman–Crippen LogP) is 0.387. The monoisotopic (exact) mass is 286 g/mol. The summed E-state index contributed by atoms with van der Waals surface area (Å²) in [5.41, 5.74) is 9.80. The normalized spacial score (nSPS) is 18.4. The zero-order valence-electron chi connectivity index (χ0n) is 13.0. The first-order valence-corrected chi connectivity index (χ1v) is 6.36. The number of aliphatic hydroxyl groups is 2. The van der Waals surface area contributed by atoms with E-state index in [-0.39, 0.29) is 11.7 Å². The number of hydrogen-bond acceptors (Lipinski definition) is 6. The second kappa shape index (κ2) is 6.76. The van der Waals surface area contributed by atoms with Crippen LogP contribution in [-0.4, -0.2) is 45.4 Å². The Hall–Kier alpha value is -1.54. The lowest BCUT2D eigenvalue weighted by atomic mass is 10.0. The molecule has 0 rings (SSSR count). The van der Waals surface area contributed by atoms with Crippen molar-refractivity contribution in [3.8, 4) is 0 Å². The molecule has 0 spiro atoms. The van der Waals surface area contributed by atoms with Gasteiger partial charge in [0.1, 0.15) is 35.2 Å². The van der Waals surface area contributed by atoms with E-state index < -0.39 is 23.5 Å². The van der Waals surface area contributed by atoms with Crippen molar-refractivity contribution in [3.63, 3.8) is 0 Å². The van der Waals surface area contributed by atoms with Crippen molar-refractivity contribution in [1.82, 2.24) is 0 Å². The molecule has 0 aliphatic heterocycles. The number of azo groups is 1. The highest BCUT2D eigenvalue weighted by atomic mass is 16.3. The Morgan fingerprint density at radius 1 is 0.800 bits per heavy atom. The first-order valence-electron chi connectivity index (χ1n) is 6.36. The van der Waals surface area contributed by atoms with Gasteiger partial charge in [-0.25, -0.2) is 9.98 Å². The lowest BCUT2D eigenvalue weighted by Crippen LogP contribution is -2.40. The van der Waals surface area contributed by atoms with Gasteiger partial charge in [-0.3, -0.25) is 0 Å². The maximum Gasteiger partial charge on any atom is 0.144 e. The third-order valence-electron chi connectivity index (χ3n) is 2.46. The van der Waals surface area contributed by atoms with Gasteiger partial charge >= 0.3 is 0 Å². The molecule has 0 aliphatic rings.